The molecule has 1 aromatic rings. The largest absolute Gasteiger partial charge is 0.388 e. The molecule has 2 heteroatoms. The van der Waals surface area contributed by atoms with Crippen molar-refractivity contribution in [3.8, 4) is 0 Å². The Kier molecular flexibility index (Phi) is 8.52. The van der Waals surface area contributed by atoms with Gasteiger partial charge in [0.15, 0.2) is 0 Å². The first-order valence-electron chi connectivity index (χ1n) is 6.41. The van der Waals surface area contributed by atoms with E-state index < -0.39 is 6.10 Å². The van der Waals surface area contributed by atoms with E-state index in [9.17, 15) is 5.11 Å². The van der Waals surface area contributed by atoms with Gasteiger partial charge in [-0.3, -0.25) is 0 Å². The minimum Gasteiger partial charge on any atom is -0.388 e. The van der Waals surface area contributed by atoms with Crippen LogP contribution in [0.1, 0.15) is 17.2 Å². The van der Waals surface area contributed by atoms with E-state index in [-0.39, 0.29) is 17.1 Å². The summed E-state index contributed by atoms with van der Waals surface area (Å²) in [6.07, 6.45) is 17.3. The summed E-state index contributed by atoms with van der Waals surface area (Å²) in [5.74, 6) is 0.958. The Morgan fingerprint density at radius 1 is 0.800 bits per heavy atom. The second-order valence-electron chi connectivity index (χ2n) is 4.44. The van der Waals surface area contributed by atoms with Crippen molar-refractivity contribution in [1.29, 1.82) is 0 Å². The van der Waals surface area contributed by atoms with Crippen LogP contribution in [0.4, 0.5) is 0 Å². The van der Waals surface area contributed by atoms with Gasteiger partial charge in [0.2, 0.25) is 0 Å². The van der Waals surface area contributed by atoms with Gasteiger partial charge in [0.05, 0.1) is 6.10 Å². The van der Waals surface area contributed by atoms with Gasteiger partial charge in [0, 0.05) is 23.0 Å². The smallest absolute Gasteiger partial charge is 0.0861 e. The maximum atomic E-state index is 10.1. The second kappa shape index (κ2) is 9.60. The molecular formula is C18H18FeO. The maximum Gasteiger partial charge on any atom is 0.0861 e. The van der Waals surface area contributed by atoms with Crippen LogP contribution in [0, 0.1) is 70.6 Å². The van der Waals surface area contributed by atoms with Gasteiger partial charge in [-0.15, -0.1) is 0 Å². The van der Waals surface area contributed by atoms with Crippen molar-refractivity contribution >= 4 is 0 Å². The van der Waals surface area contributed by atoms with E-state index in [4.69, 9.17) is 0 Å². The molecule has 1 aromatic carbocycles. The Bertz CT molecular complexity index is 360. The number of hydrogen-bond donors (Lipinski definition) is 1. The van der Waals surface area contributed by atoms with Crippen LogP contribution in [0.5, 0.6) is 0 Å². The molecular weight excluding hydrogens is 288 g/mol. The molecule has 0 aromatic heterocycles. The van der Waals surface area contributed by atoms with E-state index >= 15 is 0 Å². The SMILES string of the molecule is Cc1ccccc1C(O)[C]1[CH][CH][CH][CH]1.[CH]1[CH][CH][CH][CH]1.[Fe]. The Morgan fingerprint density at radius 2 is 1.30 bits per heavy atom. The van der Waals surface area contributed by atoms with Gasteiger partial charge < -0.3 is 5.11 Å². The zero-order chi connectivity index (χ0) is 13.5. The molecule has 2 aliphatic carbocycles. The first-order valence-corrected chi connectivity index (χ1v) is 6.41. The Morgan fingerprint density at radius 3 is 1.80 bits per heavy atom. The summed E-state index contributed by atoms with van der Waals surface area (Å²) in [7, 11) is 0. The zero-order valence-corrected chi connectivity index (χ0v) is 12.5. The molecule has 2 fully saturated rings. The van der Waals surface area contributed by atoms with Gasteiger partial charge in [-0.1, -0.05) is 24.3 Å². The Hall–Kier alpha value is -0.301. The summed E-state index contributed by atoms with van der Waals surface area (Å²) >= 11 is 0. The van der Waals surface area contributed by atoms with Crippen molar-refractivity contribution in [2.24, 2.45) is 0 Å². The van der Waals surface area contributed by atoms with Crippen molar-refractivity contribution in [1.82, 2.24) is 0 Å². The van der Waals surface area contributed by atoms with E-state index in [1.54, 1.807) is 0 Å². The third kappa shape index (κ3) is 5.24. The molecule has 0 spiro atoms. The van der Waals surface area contributed by atoms with E-state index in [0.717, 1.165) is 17.0 Å². The number of aliphatic hydroxyl groups excluding tert-OH is 1. The molecule has 0 saturated heterocycles. The molecule has 20 heavy (non-hydrogen) atoms. The van der Waals surface area contributed by atoms with Crippen LogP contribution in [-0.4, -0.2) is 5.11 Å². The predicted octanol–water partition coefficient (Wildman–Crippen LogP) is 3.45. The minimum absolute atomic E-state index is 0. The molecule has 104 valence electrons. The van der Waals surface area contributed by atoms with Crippen molar-refractivity contribution < 1.29 is 22.2 Å². The van der Waals surface area contributed by atoms with Crippen LogP contribution in [0.25, 0.3) is 0 Å². The zero-order valence-electron chi connectivity index (χ0n) is 11.4. The van der Waals surface area contributed by atoms with Gasteiger partial charge in [-0.05, 0) is 75.8 Å². The fourth-order valence-corrected chi connectivity index (χ4v) is 1.97. The molecule has 1 atom stereocenters. The maximum absolute atomic E-state index is 10.1. The minimum atomic E-state index is -0.494. The second-order valence-corrected chi connectivity index (χ2v) is 4.44. The molecule has 1 unspecified atom stereocenters. The quantitative estimate of drug-likeness (QED) is 0.830. The molecule has 0 amide bonds. The molecule has 0 bridgehead atoms. The number of aliphatic hydroxyl groups is 1. The molecule has 0 heterocycles. The number of benzene rings is 1. The van der Waals surface area contributed by atoms with Crippen LogP contribution < -0.4 is 0 Å². The van der Waals surface area contributed by atoms with E-state index in [2.05, 4.69) is 0 Å². The predicted molar refractivity (Wildman–Crippen MR) is 78.1 cm³/mol. The summed E-state index contributed by atoms with van der Waals surface area (Å²) in [5.41, 5.74) is 2.11. The van der Waals surface area contributed by atoms with E-state index in [1.165, 1.54) is 0 Å². The van der Waals surface area contributed by atoms with Crippen LogP contribution in [0.3, 0.4) is 0 Å². The van der Waals surface area contributed by atoms with Gasteiger partial charge in [0.1, 0.15) is 0 Å². The summed E-state index contributed by atoms with van der Waals surface area (Å²) in [6.45, 7) is 2.02. The summed E-state index contributed by atoms with van der Waals surface area (Å²) in [6, 6.07) is 7.92. The molecule has 1 nitrogen and oxygen atoms in total. The number of rotatable bonds is 2. The summed E-state index contributed by atoms with van der Waals surface area (Å²) < 4.78 is 0. The van der Waals surface area contributed by atoms with Crippen molar-refractivity contribution in [3.05, 3.63) is 99.1 Å². The summed E-state index contributed by atoms with van der Waals surface area (Å²) in [4.78, 5) is 0. The first-order chi connectivity index (χ1) is 9.29. The normalized spacial score (nSPS) is 19.9. The van der Waals surface area contributed by atoms with Crippen LogP contribution in [0.2, 0.25) is 0 Å². The molecule has 3 rings (SSSR count). The number of hydrogen-bond acceptors (Lipinski definition) is 1. The Balaban J connectivity index is 0.000000283. The van der Waals surface area contributed by atoms with Gasteiger partial charge >= 0.3 is 0 Å². The first kappa shape index (κ1) is 17.8. The van der Waals surface area contributed by atoms with E-state index in [1.807, 2.05) is 89.0 Å². The average Bonchev–Trinajstić information content (AvgIpc) is 3.14. The third-order valence-electron chi connectivity index (χ3n) is 3.04. The standard InChI is InChI=1S/C13H13O.C5H5.Fe/c1-10-6-2-5-9-12(10)13(14)11-7-3-4-8-11;1-2-4-5-3-1;/h2-9,13-14H,1H3;1-5H;. The van der Waals surface area contributed by atoms with Crippen LogP contribution in [0.15, 0.2) is 24.3 Å². The summed E-state index contributed by atoms with van der Waals surface area (Å²) in [5, 5.41) is 10.1. The molecule has 2 saturated carbocycles. The van der Waals surface area contributed by atoms with Crippen molar-refractivity contribution in [2.75, 3.05) is 0 Å². The monoisotopic (exact) mass is 306 g/mol. The van der Waals surface area contributed by atoms with Gasteiger partial charge in [-0.25, -0.2) is 0 Å². The van der Waals surface area contributed by atoms with Gasteiger partial charge in [-0.2, -0.15) is 0 Å². The van der Waals surface area contributed by atoms with Crippen molar-refractivity contribution in [2.45, 2.75) is 13.0 Å². The molecule has 10 radical (unpaired) electrons. The van der Waals surface area contributed by atoms with Gasteiger partial charge in [0.25, 0.3) is 0 Å². The fourth-order valence-electron chi connectivity index (χ4n) is 1.97. The topological polar surface area (TPSA) is 20.2 Å². The van der Waals surface area contributed by atoms with Crippen LogP contribution >= 0.6 is 0 Å². The van der Waals surface area contributed by atoms with Crippen LogP contribution in [-0.2, 0) is 17.1 Å². The average molecular weight is 306 g/mol. The Labute approximate surface area is 134 Å². The molecule has 1 N–H and O–H groups in total. The van der Waals surface area contributed by atoms with Crippen molar-refractivity contribution in [3.63, 3.8) is 0 Å². The third-order valence-corrected chi connectivity index (χ3v) is 3.04. The number of aryl methyl sites for hydroxylation is 1. The van der Waals surface area contributed by atoms with E-state index in [0.29, 0.717) is 0 Å². The molecule has 2 aliphatic rings. The molecule has 0 aliphatic heterocycles. The fraction of sp³-hybridized carbons (Fsp3) is 0.111.